The first kappa shape index (κ1) is 14.1. The Morgan fingerprint density at radius 3 is 2.25 bits per heavy atom. The zero-order valence-corrected chi connectivity index (χ0v) is 11.9. The van der Waals surface area contributed by atoms with E-state index < -0.39 is 5.97 Å². The first-order valence-corrected chi connectivity index (χ1v) is 6.58. The van der Waals surface area contributed by atoms with E-state index in [0.717, 1.165) is 22.4 Å². The minimum absolute atomic E-state index is 0.137. The number of aromatic carboxylic acids is 1. The molecule has 0 heterocycles. The van der Waals surface area contributed by atoms with Crippen LogP contribution in [0.2, 0.25) is 0 Å². The van der Waals surface area contributed by atoms with Gasteiger partial charge in [-0.25, -0.2) is 4.79 Å². The van der Waals surface area contributed by atoms with Gasteiger partial charge < -0.3 is 9.84 Å². The molecule has 2 aromatic carbocycles. The minimum atomic E-state index is -0.908. The van der Waals surface area contributed by atoms with Crippen LogP contribution in [0.15, 0.2) is 42.5 Å². The quantitative estimate of drug-likeness (QED) is 0.907. The lowest BCUT2D eigenvalue weighted by molar-refractivity contribution is 0.0697. The molecule has 0 aromatic heterocycles. The largest absolute Gasteiger partial charge is 0.491 e. The minimum Gasteiger partial charge on any atom is -0.491 e. The van der Waals surface area contributed by atoms with E-state index in [-0.39, 0.29) is 6.10 Å². The number of carbonyl (C=O) groups is 1. The summed E-state index contributed by atoms with van der Waals surface area (Å²) < 4.78 is 5.60. The number of carboxylic acids is 1. The maximum atomic E-state index is 11.1. The summed E-state index contributed by atoms with van der Waals surface area (Å²) in [6.07, 6.45) is 0.137. The molecule has 0 saturated heterocycles. The molecule has 0 aliphatic carbocycles. The van der Waals surface area contributed by atoms with E-state index in [2.05, 4.69) is 0 Å². The van der Waals surface area contributed by atoms with Crippen LogP contribution in [0.1, 0.15) is 29.8 Å². The van der Waals surface area contributed by atoms with Gasteiger partial charge in [0, 0.05) is 0 Å². The van der Waals surface area contributed by atoms with E-state index in [1.807, 2.05) is 51.1 Å². The van der Waals surface area contributed by atoms with Crippen molar-refractivity contribution in [1.82, 2.24) is 0 Å². The number of carboxylic acid groups (broad SMARTS) is 1. The molecule has 20 heavy (non-hydrogen) atoms. The monoisotopic (exact) mass is 270 g/mol. The van der Waals surface area contributed by atoms with Crippen molar-refractivity contribution < 1.29 is 14.6 Å². The van der Waals surface area contributed by atoms with Gasteiger partial charge in [-0.1, -0.05) is 18.2 Å². The first-order chi connectivity index (χ1) is 9.45. The summed E-state index contributed by atoms with van der Waals surface area (Å²) in [6, 6.07) is 13.0. The lowest BCUT2D eigenvalue weighted by Gasteiger charge is -2.10. The van der Waals surface area contributed by atoms with Crippen molar-refractivity contribution in [3.05, 3.63) is 53.6 Å². The molecule has 0 radical (unpaired) electrons. The Morgan fingerprint density at radius 2 is 1.70 bits per heavy atom. The molecule has 3 heteroatoms. The van der Waals surface area contributed by atoms with Gasteiger partial charge in [-0.15, -0.1) is 0 Å². The van der Waals surface area contributed by atoms with E-state index in [0.29, 0.717) is 5.56 Å². The van der Waals surface area contributed by atoms with E-state index in [1.54, 1.807) is 12.1 Å². The number of aryl methyl sites for hydroxylation is 1. The predicted molar refractivity (Wildman–Crippen MR) is 79.3 cm³/mol. The summed E-state index contributed by atoms with van der Waals surface area (Å²) in [5.41, 5.74) is 3.12. The highest BCUT2D eigenvalue weighted by atomic mass is 16.5. The third-order valence-corrected chi connectivity index (χ3v) is 2.88. The fraction of sp³-hybridized carbons (Fsp3) is 0.235. The molecule has 0 unspecified atom stereocenters. The van der Waals surface area contributed by atoms with Gasteiger partial charge in [-0.05, 0) is 61.7 Å². The van der Waals surface area contributed by atoms with Crippen LogP contribution < -0.4 is 4.74 Å². The Bertz CT molecular complexity index is 613. The topological polar surface area (TPSA) is 46.5 Å². The van der Waals surface area contributed by atoms with Crippen molar-refractivity contribution in [2.24, 2.45) is 0 Å². The molecule has 2 rings (SSSR count). The fourth-order valence-electron chi connectivity index (χ4n) is 2.07. The average Bonchev–Trinajstić information content (AvgIpc) is 2.38. The average molecular weight is 270 g/mol. The second kappa shape index (κ2) is 5.78. The number of rotatable bonds is 4. The molecule has 0 saturated carbocycles. The standard InChI is InChI=1S/C17H18O3/c1-11(2)20-16-6-4-13(5-7-16)14-8-12(3)9-15(10-14)17(18)19/h4-11H,1-3H3,(H,18,19). The molecule has 0 bridgehead atoms. The summed E-state index contributed by atoms with van der Waals surface area (Å²) >= 11 is 0. The van der Waals surface area contributed by atoms with Crippen molar-refractivity contribution in [3.63, 3.8) is 0 Å². The maximum absolute atomic E-state index is 11.1. The third-order valence-electron chi connectivity index (χ3n) is 2.88. The van der Waals surface area contributed by atoms with Crippen molar-refractivity contribution in [3.8, 4) is 16.9 Å². The van der Waals surface area contributed by atoms with E-state index >= 15 is 0 Å². The second-order valence-corrected chi connectivity index (χ2v) is 5.08. The van der Waals surface area contributed by atoms with Crippen LogP contribution >= 0.6 is 0 Å². The van der Waals surface area contributed by atoms with Crippen molar-refractivity contribution in [2.75, 3.05) is 0 Å². The molecule has 0 atom stereocenters. The molecule has 3 nitrogen and oxygen atoms in total. The molecule has 2 aromatic rings. The molecule has 1 N–H and O–H groups in total. The van der Waals surface area contributed by atoms with Gasteiger partial charge in [-0.3, -0.25) is 0 Å². The van der Waals surface area contributed by atoms with Crippen LogP contribution in [0.5, 0.6) is 5.75 Å². The SMILES string of the molecule is Cc1cc(C(=O)O)cc(-c2ccc(OC(C)C)cc2)c1. The molecule has 0 amide bonds. The van der Waals surface area contributed by atoms with Gasteiger partial charge in [0.2, 0.25) is 0 Å². The van der Waals surface area contributed by atoms with Crippen LogP contribution in [0, 0.1) is 6.92 Å². The smallest absolute Gasteiger partial charge is 0.335 e. The Hall–Kier alpha value is -2.29. The van der Waals surface area contributed by atoms with Gasteiger partial charge >= 0.3 is 5.97 Å². The molecule has 0 fully saturated rings. The Balaban J connectivity index is 2.34. The lowest BCUT2D eigenvalue weighted by Crippen LogP contribution is -2.05. The van der Waals surface area contributed by atoms with Crippen molar-refractivity contribution >= 4 is 5.97 Å². The molecule has 104 valence electrons. The Labute approximate surface area is 118 Å². The number of hydrogen-bond donors (Lipinski definition) is 1. The van der Waals surface area contributed by atoms with Crippen LogP contribution in [-0.4, -0.2) is 17.2 Å². The van der Waals surface area contributed by atoms with Gasteiger partial charge in [0.25, 0.3) is 0 Å². The Kier molecular flexibility index (Phi) is 4.08. The zero-order valence-electron chi connectivity index (χ0n) is 11.9. The number of ether oxygens (including phenoxy) is 1. The summed E-state index contributed by atoms with van der Waals surface area (Å²) in [4.78, 5) is 11.1. The molecule has 0 aliphatic rings. The summed E-state index contributed by atoms with van der Waals surface area (Å²) in [7, 11) is 0. The fourth-order valence-corrected chi connectivity index (χ4v) is 2.07. The van der Waals surface area contributed by atoms with E-state index in [4.69, 9.17) is 9.84 Å². The summed E-state index contributed by atoms with van der Waals surface area (Å²) in [6.45, 7) is 5.85. The van der Waals surface area contributed by atoms with Gasteiger partial charge in [0.15, 0.2) is 0 Å². The molecular weight excluding hydrogens is 252 g/mol. The number of benzene rings is 2. The first-order valence-electron chi connectivity index (χ1n) is 6.58. The zero-order chi connectivity index (χ0) is 14.7. The Morgan fingerprint density at radius 1 is 1.05 bits per heavy atom. The van der Waals surface area contributed by atoms with Crippen LogP contribution in [-0.2, 0) is 0 Å². The van der Waals surface area contributed by atoms with Crippen LogP contribution in [0.25, 0.3) is 11.1 Å². The van der Waals surface area contributed by atoms with Gasteiger partial charge in [-0.2, -0.15) is 0 Å². The normalized spacial score (nSPS) is 10.6. The van der Waals surface area contributed by atoms with Gasteiger partial charge in [0.1, 0.15) is 5.75 Å². The second-order valence-electron chi connectivity index (χ2n) is 5.08. The lowest BCUT2D eigenvalue weighted by atomic mass is 10.0. The van der Waals surface area contributed by atoms with E-state index in [9.17, 15) is 4.79 Å². The molecular formula is C17H18O3. The van der Waals surface area contributed by atoms with Crippen molar-refractivity contribution in [2.45, 2.75) is 26.9 Å². The highest BCUT2D eigenvalue weighted by Gasteiger charge is 2.07. The predicted octanol–water partition coefficient (Wildman–Crippen LogP) is 4.15. The molecule has 0 aliphatic heterocycles. The third kappa shape index (κ3) is 3.38. The molecule has 0 spiro atoms. The van der Waals surface area contributed by atoms with E-state index in [1.165, 1.54) is 0 Å². The highest BCUT2D eigenvalue weighted by molar-refractivity contribution is 5.89. The maximum Gasteiger partial charge on any atom is 0.335 e. The highest BCUT2D eigenvalue weighted by Crippen LogP contribution is 2.25. The van der Waals surface area contributed by atoms with Crippen LogP contribution in [0.3, 0.4) is 0 Å². The van der Waals surface area contributed by atoms with Crippen molar-refractivity contribution in [1.29, 1.82) is 0 Å². The summed E-state index contributed by atoms with van der Waals surface area (Å²) in [5, 5.41) is 9.10. The summed E-state index contributed by atoms with van der Waals surface area (Å²) in [5.74, 6) is -0.0930. The van der Waals surface area contributed by atoms with Gasteiger partial charge in [0.05, 0.1) is 11.7 Å². The van der Waals surface area contributed by atoms with Crippen LogP contribution in [0.4, 0.5) is 0 Å². The number of hydrogen-bond acceptors (Lipinski definition) is 2.